The summed E-state index contributed by atoms with van der Waals surface area (Å²) in [6.45, 7) is 1.57. The van der Waals surface area contributed by atoms with Crippen LogP contribution >= 0.6 is 0 Å². The Bertz CT molecular complexity index is 131. The maximum absolute atomic E-state index is 11.9. The van der Waals surface area contributed by atoms with Crippen molar-refractivity contribution in [1.29, 1.82) is 0 Å². The molecule has 4 heteroatoms. The van der Waals surface area contributed by atoms with E-state index in [0.29, 0.717) is 12.8 Å². The standard InChI is InChI=1S/C6H10F3N/c1-5(2-3-5)4(10)6(7,8)9/h4H,2-3,10H2,1H3. The molecule has 0 spiro atoms. The van der Waals surface area contributed by atoms with Gasteiger partial charge < -0.3 is 5.73 Å². The summed E-state index contributed by atoms with van der Waals surface area (Å²) in [5.74, 6) is 0. The Labute approximate surface area is 57.4 Å². The first-order valence-electron chi connectivity index (χ1n) is 3.18. The van der Waals surface area contributed by atoms with Crippen molar-refractivity contribution in [3.05, 3.63) is 0 Å². The molecule has 2 N–H and O–H groups in total. The van der Waals surface area contributed by atoms with Gasteiger partial charge in [0.1, 0.15) is 6.04 Å². The van der Waals surface area contributed by atoms with E-state index in [-0.39, 0.29) is 0 Å². The summed E-state index contributed by atoms with van der Waals surface area (Å²) >= 11 is 0. The van der Waals surface area contributed by atoms with Crippen LogP contribution in [0, 0.1) is 5.41 Å². The van der Waals surface area contributed by atoms with Gasteiger partial charge in [-0.15, -0.1) is 0 Å². The molecule has 0 aromatic carbocycles. The first-order valence-corrected chi connectivity index (χ1v) is 3.18. The van der Waals surface area contributed by atoms with E-state index in [9.17, 15) is 13.2 Å². The van der Waals surface area contributed by atoms with E-state index in [1.54, 1.807) is 6.92 Å². The fourth-order valence-corrected chi connectivity index (χ4v) is 0.903. The lowest BCUT2D eigenvalue weighted by molar-refractivity contribution is -0.160. The summed E-state index contributed by atoms with van der Waals surface area (Å²) in [5.41, 5.74) is 4.31. The highest BCUT2D eigenvalue weighted by molar-refractivity contribution is 5.00. The fourth-order valence-electron chi connectivity index (χ4n) is 0.903. The van der Waals surface area contributed by atoms with Crippen molar-refractivity contribution in [3.63, 3.8) is 0 Å². The zero-order valence-corrected chi connectivity index (χ0v) is 5.70. The van der Waals surface area contributed by atoms with Crippen molar-refractivity contribution in [3.8, 4) is 0 Å². The van der Waals surface area contributed by atoms with E-state index in [1.807, 2.05) is 0 Å². The Morgan fingerprint density at radius 1 is 1.40 bits per heavy atom. The van der Waals surface area contributed by atoms with E-state index in [0.717, 1.165) is 0 Å². The first kappa shape index (κ1) is 7.85. The Morgan fingerprint density at radius 3 is 1.90 bits per heavy atom. The predicted octanol–water partition coefficient (Wildman–Crippen LogP) is 1.68. The minimum absolute atomic E-state index is 0.605. The third-order valence-electron chi connectivity index (χ3n) is 2.14. The predicted molar refractivity (Wildman–Crippen MR) is 31.4 cm³/mol. The summed E-state index contributed by atoms with van der Waals surface area (Å²) in [4.78, 5) is 0. The summed E-state index contributed by atoms with van der Waals surface area (Å²) in [6, 6.07) is -1.63. The Kier molecular flexibility index (Phi) is 1.47. The first-order chi connectivity index (χ1) is 4.36. The molecule has 0 aromatic heterocycles. The third-order valence-corrected chi connectivity index (χ3v) is 2.14. The maximum Gasteiger partial charge on any atom is 0.404 e. The number of hydrogen-bond acceptors (Lipinski definition) is 1. The highest BCUT2D eigenvalue weighted by atomic mass is 19.4. The van der Waals surface area contributed by atoms with Crippen molar-refractivity contribution in [2.24, 2.45) is 11.1 Å². The average Bonchev–Trinajstić information content (AvgIpc) is 2.45. The summed E-state index contributed by atoms with van der Waals surface area (Å²) in [5, 5.41) is 0. The van der Waals surface area contributed by atoms with E-state index in [2.05, 4.69) is 0 Å². The Morgan fingerprint density at radius 2 is 1.80 bits per heavy atom. The van der Waals surface area contributed by atoms with Crippen LogP contribution in [0.2, 0.25) is 0 Å². The minimum Gasteiger partial charge on any atom is -0.320 e. The van der Waals surface area contributed by atoms with Crippen LogP contribution in [-0.4, -0.2) is 12.2 Å². The van der Waals surface area contributed by atoms with Gasteiger partial charge in [-0.2, -0.15) is 13.2 Å². The smallest absolute Gasteiger partial charge is 0.320 e. The molecule has 10 heavy (non-hydrogen) atoms. The molecule has 0 radical (unpaired) electrons. The lowest BCUT2D eigenvalue weighted by Crippen LogP contribution is -2.43. The fraction of sp³-hybridized carbons (Fsp3) is 1.00. The largest absolute Gasteiger partial charge is 0.404 e. The molecular weight excluding hydrogens is 143 g/mol. The van der Waals surface area contributed by atoms with Crippen LogP contribution in [0.15, 0.2) is 0 Å². The molecule has 0 bridgehead atoms. The summed E-state index contributed by atoms with van der Waals surface area (Å²) < 4.78 is 35.6. The summed E-state index contributed by atoms with van der Waals surface area (Å²) in [6.07, 6.45) is -3.01. The SMILES string of the molecule is CC1(C(N)C(F)(F)F)CC1. The monoisotopic (exact) mass is 153 g/mol. The second-order valence-corrected chi connectivity index (χ2v) is 3.17. The van der Waals surface area contributed by atoms with Gasteiger partial charge in [0.15, 0.2) is 0 Å². The second kappa shape index (κ2) is 1.87. The van der Waals surface area contributed by atoms with Gasteiger partial charge in [0.2, 0.25) is 0 Å². The van der Waals surface area contributed by atoms with E-state index >= 15 is 0 Å². The number of rotatable bonds is 1. The lowest BCUT2D eigenvalue weighted by atomic mass is 10.00. The van der Waals surface area contributed by atoms with Crippen molar-refractivity contribution in [2.45, 2.75) is 32.0 Å². The van der Waals surface area contributed by atoms with Gasteiger partial charge in [0.25, 0.3) is 0 Å². The highest BCUT2D eigenvalue weighted by Crippen LogP contribution is 2.51. The van der Waals surface area contributed by atoms with Crippen LogP contribution in [0.5, 0.6) is 0 Å². The lowest BCUT2D eigenvalue weighted by Gasteiger charge is -2.21. The van der Waals surface area contributed by atoms with E-state index in [1.165, 1.54) is 0 Å². The van der Waals surface area contributed by atoms with E-state index in [4.69, 9.17) is 5.73 Å². The van der Waals surface area contributed by atoms with Gasteiger partial charge in [-0.25, -0.2) is 0 Å². The molecular formula is C6H10F3N. The van der Waals surface area contributed by atoms with Crippen molar-refractivity contribution < 1.29 is 13.2 Å². The maximum atomic E-state index is 11.9. The highest BCUT2D eigenvalue weighted by Gasteiger charge is 2.54. The molecule has 0 heterocycles. The number of alkyl halides is 3. The van der Waals surface area contributed by atoms with Gasteiger partial charge in [-0.05, 0) is 18.3 Å². The summed E-state index contributed by atoms with van der Waals surface area (Å²) in [7, 11) is 0. The van der Waals surface area contributed by atoms with Gasteiger partial charge in [0.05, 0.1) is 0 Å². The van der Waals surface area contributed by atoms with Crippen LogP contribution in [-0.2, 0) is 0 Å². The quantitative estimate of drug-likeness (QED) is 0.609. The van der Waals surface area contributed by atoms with Gasteiger partial charge in [-0.3, -0.25) is 0 Å². The molecule has 0 saturated heterocycles. The van der Waals surface area contributed by atoms with Crippen LogP contribution < -0.4 is 5.73 Å². The molecule has 1 nitrogen and oxygen atoms in total. The van der Waals surface area contributed by atoms with Crippen LogP contribution in [0.4, 0.5) is 13.2 Å². The van der Waals surface area contributed by atoms with E-state index < -0.39 is 17.6 Å². The molecule has 0 aliphatic heterocycles. The molecule has 60 valence electrons. The average molecular weight is 153 g/mol. The number of halogens is 3. The van der Waals surface area contributed by atoms with Crippen molar-refractivity contribution in [2.75, 3.05) is 0 Å². The minimum atomic E-state index is -4.22. The topological polar surface area (TPSA) is 26.0 Å². The zero-order valence-electron chi connectivity index (χ0n) is 5.70. The molecule has 1 aliphatic rings. The Hall–Kier alpha value is -0.250. The van der Waals surface area contributed by atoms with Crippen LogP contribution in [0.1, 0.15) is 19.8 Å². The Balaban J connectivity index is 2.57. The van der Waals surface area contributed by atoms with Gasteiger partial charge >= 0.3 is 6.18 Å². The zero-order chi connectivity index (χ0) is 7.99. The van der Waals surface area contributed by atoms with Crippen molar-refractivity contribution >= 4 is 0 Å². The van der Waals surface area contributed by atoms with Gasteiger partial charge in [0, 0.05) is 0 Å². The van der Waals surface area contributed by atoms with Gasteiger partial charge in [-0.1, -0.05) is 6.92 Å². The number of hydrogen-bond donors (Lipinski definition) is 1. The molecule has 1 saturated carbocycles. The van der Waals surface area contributed by atoms with Crippen molar-refractivity contribution in [1.82, 2.24) is 0 Å². The molecule has 0 amide bonds. The molecule has 1 aliphatic carbocycles. The molecule has 0 aromatic rings. The molecule has 1 fully saturated rings. The third kappa shape index (κ3) is 1.26. The second-order valence-electron chi connectivity index (χ2n) is 3.17. The molecule has 1 atom stereocenters. The number of nitrogens with two attached hydrogens (primary N) is 1. The normalized spacial score (nSPS) is 26.1. The molecule has 1 rings (SSSR count). The van der Waals surface area contributed by atoms with Crippen LogP contribution in [0.25, 0.3) is 0 Å². The molecule has 1 unspecified atom stereocenters. The van der Waals surface area contributed by atoms with Crippen LogP contribution in [0.3, 0.4) is 0 Å².